The number of hydrogen-bond acceptors (Lipinski definition) is 4. The Labute approximate surface area is 189 Å². The van der Waals surface area contributed by atoms with E-state index >= 15 is 0 Å². The second kappa shape index (κ2) is 12.2. The number of benzene rings is 1. The van der Waals surface area contributed by atoms with Gasteiger partial charge in [0, 0.05) is 43.9 Å². The minimum Gasteiger partial charge on any atom is -0.487 e. The fourth-order valence-electron chi connectivity index (χ4n) is 3.02. The highest BCUT2D eigenvalue weighted by Crippen LogP contribution is 2.21. The highest BCUT2D eigenvalue weighted by Gasteiger charge is 2.21. The lowest BCUT2D eigenvalue weighted by atomic mass is 10.2. The van der Waals surface area contributed by atoms with Crippen molar-refractivity contribution in [1.29, 1.82) is 0 Å². The highest BCUT2D eigenvalue weighted by atomic mass is 127. The van der Waals surface area contributed by atoms with Crippen LogP contribution in [0.5, 0.6) is 5.75 Å². The van der Waals surface area contributed by atoms with Crippen LogP contribution in [0.4, 0.5) is 0 Å². The quantitative estimate of drug-likeness (QED) is 0.358. The maximum absolute atomic E-state index is 5.80. The monoisotopic (exact) mass is 512 g/mol. The summed E-state index contributed by atoms with van der Waals surface area (Å²) in [4.78, 5) is 11.1. The van der Waals surface area contributed by atoms with E-state index < -0.39 is 0 Å². The third-order valence-electron chi connectivity index (χ3n) is 4.59. The summed E-state index contributed by atoms with van der Waals surface area (Å²) in [5, 5.41) is 4.19. The molecule has 1 aromatic carbocycles. The Bertz CT molecular complexity index is 727. The summed E-state index contributed by atoms with van der Waals surface area (Å²) in [6, 6.07) is 14.0. The fraction of sp³-hybridized carbons (Fsp3) is 0.429. The molecule has 1 aliphatic heterocycles. The Morgan fingerprint density at radius 3 is 2.79 bits per heavy atom. The number of aliphatic imine (C=N–C) groups is 1. The lowest BCUT2D eigenvalue weighted by molar-refractivity contribution is 0.301. The van der Waals surface area contributed by atoms with E-state index in [1.165, 1.54) is 17.7 Å². The molecule has 0 amide bonds. The van der Waals surface area contributed by atoms with Crippen LogP contribution in [0.2, 0.25) is 0 Å². The SMILES string of the molecule is CCC1CN(C(=NC)NCc2ccc(OCc3ccccn3)cc2)CCS1.I. The zero-order chi connectivity index (χ0) is 18.9. The van der Waals surface area contributed by atoms with Gasteiger partial charge in [-0.1, -0.05) is 25.1 Å². The van der Waals surface area contributed by atoms with E-state index in [1.807, 2.05) is 37.4 Å². The van der Waals surface area contributed by atoms with Crippen molar-refractivity contribution in [3.63, 3.8) is 0 Å². The van der Waals surface area contributed by atoms with Crippen molar-refractivity contribution in [3.05, 3.63) is 59.9 Å². The number of halogens is 1. The summed E-state index contributed by atoms with van der Waals surface area (Å²) in [6.07, 6.45) is 2.99. The lowest BCUT2D eigenvalue weighted by Crippen LogP contribution is -2.47. The fourth-order valence-corrected chi connectivity index (χ4v) is 4.20. The number of rotatable bonds is 6. The molecule has 1 saturated heterocycles. The van der Waals surface area contributed by atoms with Crippen LogP contribution in [0.25, 0.3) is 0 Å². The van der Waals surface area contributed by atoms with Gasteiger partial charge in [-0.2, -0.15) is 11.8 Å². The van der Waals surface area contributed by atoms with Crippen LogP contribution in [0.1, 0.15) is 24.6 Å². The Morgan fingerprint density at radius 1 is 1.29 bits per heavy atom. The van der Waals surface area contributed by atoms with Crippen molar-refractivity contribution in [1.82, 2.24) is 15.2 Å². The third-order valence-corrected chi connectivity index (χ3v) is 5.96. The number of ether oxygens (including phenoxy) is 1. The van der Waals surface area contributed by atoms with Gasteiger partial charge in [0.05, 0.1) is 5.69 Å². The zero-order valence-corrected chi connectivity index (χ0v) is 19.7. The summed E-state index contributed by atoms with van der Waals surface area (Å²) in [5.41, 5.74) is 2.14. The van der Waals surface area contributed by atoms with E-state index in [2.05, 4.69) is 51.0 Å². The van der Waals surface area contributed by atoms with E-state index in [0.717, 1.165) is 37.0 Å². The molecule has 1 atom stereocenters. The number of nitrogens with one attached hydrogen (secondary N) is 1. The molecule has 0 aliphatic carbocycles. The molecule has 1 fully saturated rings. The van der Waals surface area contributed by atoms with Gasteiger partial charge in [0.2, 0.25) is 0 Å². The van der Waals surface area contributed by atoms with Crippen LogP contribution in [-0.4, -0.2) is 47.0 Å². The van der Waals surface area contributed by atoms with E-state index in [1.54, 1.807) is 6.20 Å². The smallest absolute Gasteiger partial charge is 0.193 e. The molecule has 1 aromatic heterocycles. The maximum atomic E-state index is 5.80. The predicted molar refractivity (Wildman–Crippen MR) is 129 cm³/mol. The molecule has 7 heteroatoms. The molecular weight excluding hydrogens is 483 g/mol. The number of nitrogens with zero attached hydrogens (tertiary/aromatic N) is 3. The Morgan fingerprint density at radius 2 is 2.11 bits per heavy atom. The van der Waals surface area contributed by atoms with Crippen molar-refractivity contribution < 1.29 is 4.74 Å². The topological polar surface area (TPSA) is 49.8 Å². The first-order chi connectivity index (χ1) is 13.3. The van der Waals surface area contributed by atoms with E-state index in [0.29, 0.717) is 11.9 Å². The molecule has 1 unspecified atom stereocenters. The van der Waals surface area contributed by atoms with Gasteiger partial charge >= 0.3 is 0 Å². The van der Waals surface area contributed by atoms with Gasteiger partial charge in [-0.05, 0) is 36.2 Å². The van der Waals surface area contributed by atoms with Crippen LogP contribution < -0.4 is 10.1 Å². The molecule has 0 radical (unpaired) electrons. The van der Waals surface area contributed by atoms with Crippen molar-refractivity contribution >= 4 is 41.7 Å². The molecule has 1 aliphatic rings. The van der Waals surface area contributed by atoms with Crippen LogP contribution in [-0.2, 0) is 13.2 Å². The average Bonchev–Trinajstić information content (AvgIpc) is 2.74. The van der Waals surface area contributed by atoms with Gasteiger partial charge in [-0.25, -0.2) is 0 Å². The third kappa shape index (κ3) is 6.84. The van der Waals surface area contributed by atoms with Crippen molar-refractivity contribution in [2.75, 3.05) is 25.9 Å². The van der Waals surface area contributed by atoms with Gasteiger partial charge in [-0.3, -0.25) is 9.98 Å². The van der Waals surface area contributed by atoms with Gasteiger partial charge in [0.25, 0.3) is 0 Å². The van der Waals surface area contributed by atoms with Crippen LogP contribution >= 0.6 is 35.7 Å². The summed E-state index contributed by atoms with van der Waals surface area (Å²) >= 11 is 2.07. The van der Waals surface area contributed by atoms with Gasteiger partial charge in [0.15, 0.2) is 5.96 Å². The number of hydrogen-bond donors (Lipinski definition) is 1. The summed E-state index contributed by atoms with van der Waals surface area (Å²) in [6.45, 7) is 5.63. The minimum atomic E-state index is 0. The van der Waals surface area contributed by atoms with Crippen molar-refractivity contribution in [2.24, 2.45) is 4.99 Å². The molecule has 152 valence electrons. The average molecular weight is 512 g/mol. The largest absolute Gasteiger partial charge is 0.487 e. The van der Waals surface area contributed by atoms with Crippen LogP contribution in [0, 0.1) is 0 Å². The number of guanidine groups is 1. The molecule has 3 rings (SSSR count). The molecule has 2 heterocycles. The normalized spacial score (nSPS) is 17.0. The molecule has 28 heavy (non-hydrogen) atoms. The van der Waals surface area contributed by atoms with Gasteiger partial charge in [-0.15, -0.1) is 24.0 Å². The molecule has 1 N–H and O–H groups in total. The minimum absolute atomic E-state index is 0. The first-order valence-electron chi connectivity index (χ1n) is 9.47. The molecule has 0 saturated carbocycles. The summed E-state index contributed by atoms with van der Waals surface area (Å²) in [7, 11) is 1.86. The predicted octanol–water partition coefficient (Wildman–Crippen LogP) is 4.18. The molecule has 5 nitrogen and oxygen atoms in total. The van der Waals surface area contributed by atoms with E-state index in [4.69, 9.17) is 4.74 Å². The molecule has 2 aromatic rings. The standard InChI is InChI=1S/C21H28N4OS.HI/c1-3-20-15-25(12-13-27-20)21(22-2)24-14-17-7-9-19(10-8-17)26-16-18-6-4-5-11-23-18;/h4-11,20H,3,12-16H2,1-2H3,(H,22,24);1H. The lowest BCUT2D eigenvalue weighted by Gasteiger charge is -2.34. The Kier molecular flexibility index (Phi) is 9.91. The first kappa shape index (κ1) is 22.8. The van der Waals surface area contributed by atoms with Gasteiger partial charge < -0.3 is 15.0 Å². The Hall–Kier alpha value is -1.48. The van der Waals surface area contributed by atoms with Crippen LogP contribution in [0.15, 0.2) is 53.7 Å². The number of aromatic nitrogens is 1. The number of pyridine rings is 1. The van der Waals surface area contributed by atoms with Crippen LogP contribution in [0.3, 0.4) is 0 Å². The van der Waals surface area contributed by atoms with Gasteiger partial charge in [0.1, 0.15) is 12.4 Å². The van der Waals surface area contributed by atoms with E-state index in [9.17, 15) is 0 Å². The molecule has 0 spiro atoms. The highest BCUT2D eigenvalue weighted by molar-refractivity contribution is 14.0. The molecule has 0 bridgehead atoms. The van der Waals surface area contributed by atoms with E-state index in [-0.39, 0.29) is 24.0 Å². The second-order valence-electron chi connectivity index (χ2n) is 6.50. The number of thioether (sulfide) groups is 1. The maximum Gasteiger partial charge on any atom is 0.193 e. The summed E-state index contributed by atoms with van der Waals surface area (Å²) < 4.78 is 5.80. The zero-order valence-electron chi connectivity index (χ0n) is 16.5. The van der Waals surface area contributed by atoms with Crippen molar-refractivity contribution in [2.45, 2.75) is 31.7 Å². The summed E-state index contributed by atoms with van der Waals surface area (Å²) in [5.74, 6) is 3.01. The Balaban J connectivity index is 0.00000280. The first-order valence-corrected chi connectivity index (χ1v) is 10.5. The van der Waals surface area contributed by atoms with Crippen molar-refractivity contribution in [3.8, 4) is 5.75 Å². The second-order valence-corrected chi connectivity index (χ2v) is 7.91. The molecular formula is C21H29IN4OS.